The number of hydrogen-bond donors (Lipinski definition) is 1. The van der Waals surface area contributed by atoms with Crippen molar-refractivity contribution in [3.05, 3.63) is 89.5 Å². The molecule has 0 radical (unpaired) electrons. The maximum absolute atomic E-state index is 14.7. The van der Waals surface area contributed by atoms with Crippen molar-refractivity contribution in [1.29, 1.82) is 0 Å². The van der Waals surface area contributed by atoms with Gasteiger partial charge in [-0.05, 0) is 66.9 Å². The Morgan fingerprint density at radius 2 is 1.71 bits per heavy atom. The average molecular weight is 465 g/mol. The highest BCUT2D eigenvalue weighted by molar-refractivity contribution is 5.79. The Labute approximate surface area is 199 Å². The zero-order chi connectivity index (χ0) is 23.8. The van der Waals surface area contributed by atoms with E-state index in [1.165, 1.54) is 37.5 Å². The van der Waals surface area contributed by atoms with Gasteiger partial charge in [-0.3, -0.25) is 9.69 Å². The van der Waals surface area contributed by atoms with E-state index in [9.17, 15) is 13.6 Å². The first-order valence-electron chi connectivity index (χ1n) is 11.8. The van der Waals surface area contributed by atoms with Crippen LogP contribution in [0.15, 0.2) is 66.7 Å². The highest BCUT2D eigenvalue weighted by Crippen LogP contribution is 2.27. The summed E-state index contributed by atoms with van der Waals surface area (Å²) >= 11 is 0. The molecule has 0 spiro atoms. The Morgan fingerprint density at radius 3 is 2.44 bits per heavy atom. The predicted molar refractivity (Wildman–Crippen MR) is 130 cm³/mol. The van der Waals surface area contributed by atoms with E-state index in [-0.39, 0.29) is 30.5 Å². The van der Waals surface area contributed by atoms with Crippen LogP contribution in [0.3, 0.4) is 0 Å². The lowest BCUT2D eigenvalue weighted by molar-refractivity contribution is -0.120. The highest BCUT2D eigenvalue weighted by Gasteiger charge is 2.11. The molecule has 1 saturated heterocycles. The molecule has 178 valence electrons. The Morgan fingerprint density at radius 1 is 0.912 bits per heavy atom. The van der Waals surface area contributed by atoms with Crippen LogP contribution in [0.5, 0.6) is 5.75 Å². The zero-order valence-electron chi connectivity index (χ0n) is 19.2. The van der Waals surface area contributed by atoms with Crippen LogP contribution in [-0.2, 0) is 17.8 Å². The summed E-state index contributed by atoms with van der Waals surface area (Å²) in [4.78, 5) is 14.6. The molecule has 1 amide bonds. The summed E-state index contributed by atoms with van der Waals surface area (Å²) in [5.74, 6) is -0.290. The molecule has 1 heterocycles. The number of nitrogens with zero attached hydrogens (tertiary/aromatic N) is 1. The quantitative estimate of drug-likeness (QED) is 0.464. The number of carbonyl (C=O) groups excluding carboxylic acids is 1. The van der Waals surface area contributed by atoms with Gasteiger partial charge in [-0.1, -0.05) is 42.8 Å². The van der Waals surface area contributed by atoms with Crippen LogP contribution in [0, 0.1) is 11.6 Å². The van der Waals surface area contributed by atoms with Crippen LogP contribution in [0.4, 0.5) is 8.78 Å². The molecule has 0 aromatic heterocycles. The second-order valence-electron chi connectivity index (χ2n) is 8.67. The molecule has 1 aliphatic rings. The van der Waals surface area contributed by atoms with Gasteiger partial charge in [0.1, 0.15) is 24.0 Å². The molecule has 1 N–H and O–H groups in total. The largest absolute Gasteiger partial charge is 0.492 e. The number of piperidine rings is 1. The zero-order valence-corrected chi connectivity index (χ0v) is 19.2. The monoisotopic (exact) mass is 464 g/mol. The summed E-state index contributed by atoms with van der Waals surface area (Å²) in [6.45, 7) is 3.91. The Hall–Kier alpha value is -3.25. The van der Waals surface area contributed by atoms with Crippen LogP contribution in [0.1, 0.15) is 30.4 Å². The third-order valence-corrected chi connectivity index (χ3v) is 6.07. The van der Waals surface area contributed by atoms with Gasteiger partial charge in [-0.2, -0.15) is 0 Å². The van der Waals surface area contributed by atoms with Crippen molar-refractivity contribution in [1.82, 2.24) is 10.2 Å². The molecule has 3 aromatic carbocycles. The minimum absolute atomic E-state index is 0.158. The Kier molecular flexibility index (Phi) is 8.26. The fourth-order valence-corrected chi connectivity index (χ4v) is 4.19. The summed E-state index contributed by atoms with van der Waals surface area (Å²) < 4.78 is 33.7. The molecule has 0 unspecified atom stereocenters. The van der Waals surface area contributed by atoms with E-state index in [2.05, 4.69) is 10.2 Å². The summed E-state index contributed by atoms with van der Waals surface area (Å²) in [7, 11) is 0. The van der Waals surface area contributed by atoms with Gasteiger partial charge in [-0.15, -0.1) is 0 Å². The van der Waals surface area contributed by atoms with Crippen molar-refractivity contribution >= 4 is 5.91 Å². The van der Waals surface area contributed by atoms with Crippen LogP contribution >= 0.6 is 0 Å². The number of likely N-dealkylation sites (tertiary alicyclic amines) is 1. The van der Waals surface area contributed by atoms with E-state index in [0.717, 1.165) is 30.8 Å². The van der Waals surface area contributed by atoms with Gasteiger partial charge in [-0.25, -0.2) is 8.78 Å². The van der Waals surface area contributed by atoms with Gasteiger partial charge in [0.2, 0.25) is 5.91 Å². The maximum atomic E-state index is 14.7. The van der Waals surface area contributed by atoms with Gasteiger partial charge in [0, 0.05) is 24.7 Å². The molecule has 6 heteroatoms. The third-order valence-electron chi connectivity index (χ3n) is 6.07. The fraction of sp³-hybridized carbons (Fsp3) is 0.321. The van der Waals surface area contributed by atoms with E-state index in [4.69, 9.17) is 4.74 Å². The second-order valence-corrected chi connectivity index (χ2v) is 8.67. The molecule has 4 nitrogen and oxygen atoms in total. The van der Waals surface area contributed by atoms with E-state index in [0.29, 0.717) is 23.5 Å². The second kappa shape index (κ2) is 11.7. The minimum Gasteiger partial charge on any atom is -0.492 e. The van der Waals surface area contributed by atoms with Gasteiger partial charge < -0.3 is 10.1 Å². The molecule has 34 heavy (non-hydrogen) atoms. The van der Waals surface area contributed by atoms with Crippen molar-refractivity contribution in [2.75, 3.05) is 26.2 Å². The average Bonchev–Trinajstić information content (AvgIpc) is 2.84. The molecule has 0 bridgehead atoms. The summed E-state index contributed by atoms with van der Waals surface area (Å²) in [6.07, 6.45) is 3.97. The lowest BCUT2D eigenvalue weighted by Gasteiger charge is -2.26. The predicted octanol–water partition coefficient (Wildman–Crippen LogP) is 5.36. The van der Waals surface area contributed by atoms with Crippen LogP contribution in [-0.4, -0.2) is 37.0 Å². The summed E-state index contributed by atoms with van der Waals surface area (Å²) in [5.41, 5.74) is 2.75. The standard InChI is InChI=1S/C28H30F2N2O2/c29-24-6-4-5-22(17-24)20-31-28(33)18-21-7-9-23(10-8-21)26-12-11-25(19-27(26)30)34-16-15-32-13-2-1-3-14-32/h4-12,17,19H,1-3,13-16,18,20H2,(H,31,33). The number of halogens is 2. The van der Waals surface area contributed by atoms with Crippen molar-refractivity contribution < 1.29 is 18.3 Å². The number of ether oxygens (including phenoxy) is 1. The van der Waals surface area contributed by atoms with Crippen LogP contribution in [0.25, 0.3) is 11.1 Å². The first kappa shape index (κ1) is 23.9. The van der Waals surface area contributed by atoms with Gasteiger partial charge in [0.25, 0.3) is 0 Å². The van der Waals surface area contributed by atoms with E-state index in [1.54, 1.807) is 24.3 Å². The van der Waals surface area contributed by atoms with Gasteiger partial charge >= 0.3 is 0 Å². The smallest absolute Gasteiger partial charge is 0.224 e. The maximum Gasteiger partial charge on any atom is 0.224 e. The van der Waals surface area contributed by atoms with Gasteiger partial charge in [0.15, 0.2) is 0 Å². The minimum atomic E-state index is -0.337. The molecule has 0 saturated carbocycles. The van der Waals surface area contributed by atoms with Crippen molar-refractivity contribution in [2.24, 2.45) is 0 Å². The molecule has 0 aliphatic carbocycles. The molecular weight excluding hydrogens is 434 g/mol. The Balaban J connectivity index is 1.28. The number of rotatable bonds is 9. The third kappa shape index (κ3) is 6.87. The SMILES string of the molecule is O=C(Cc1ccc(-c2ccc(OCCN3CCCCC3)cc2F)cc1)NCc1cccc(F)c1. The van der Waals surface area contributed by atoms with Crippen molar-refractivity contribution in [2.45, 2.75) is 32.2 Å². The van der Waals surface area contributed by atoms with E-state index in [1.807, 2.05) is 24.3 Å². The van der Waals surface area contributed by atoms with E-state index >= 15 is 0 Å². The number of amides is 1. The van der Waals surface area contributed by atoms with Crippen molar-refractivity contribution in [3.63, 3.8) is 0 Å². The first-order chi connectivity index (χ1) is 16.6. The number of carbonyl (C=O) groups is 1. The van der Waals surface area contributed by atoms with Crippen LogP contribution < -0.4 is 10.1 Å². The van der Waals surface area contributed by atoms with Crippen LogP contribution in [0.2, 0.25) is 0 Å². The molecule has 0 atom stereocenters. The molecule has 4 rings (SSSR count). The number of hydrogen-bond acceptors (Lipinski definition) is 3. The Bertz CT molecular complexity index is 1100. The lowest BCUT2D eigenvalue weighted by Crippen LogP contribution is -2.33. The molecule has 1 fully saturated rings. The molecule has 1 aliphatic heterocycles. The number of nitrogens with one attached hydrogen (secondary N) is 1. The fourth-order valence-electron chi connectivity index (χ4n) is 4.19. The number of benzene rings is 3. The topological polar surface area (TPSA) is 41.6 Å². The summed E-state index contributed by atoms with van der Waals surface area (Å²) in [5, 5.41) is 2.79. The highest BCUT2D eigenvalue weighted by atomic mass is 19.1. The first-order valence-corrected chi connectivity index (χ1v) is 11.8. The summed E-state index contributed by atoms with van der Waals surface area (Å²) in [6, 6.07) is 18.4. The molecule has 3 aromatic rings. The lowest BCUT2D eigenvalue weighted by atomic mass is 10.0. The van der Waals surface area contributed by atoms with E-state index < -0.39 is 0 Å². The normalized spacial score (nSPS) is 14.1. The van der Waals surface area contributed by atoms with Crippen molar-refractivity contribution in [3.8, 4) is 16.9 Å². The van der Waals surface area contributed by atoms with Gasteiger partial charge in [0.05, 0.1) is 6.42 Å². The molecular formula is C28H30F2N2O2.